The molecule has 2 nitrogen and oxygen atoms in total. The number of rotatable bonds is 2. The Hall–Kier alpha value is -2.32. The van der Waals surface area contributed by atoms with Gasteiger partial charge in [-0.15, -0.1) is 0 Å². The van der Waals surface area contributed by atoms with Crippen molar-refractivity contribution in [2.45, 2.75) is 45.1 Å². The number of benzene rings is 2. The first-order valence-corrected chi connectivity index (χ1v) is 10.2. The lowest BCUT2D eigenvalue weighted by Gasteiger charge is -2.45. The number of fused-ring (bicyclic) bond motifs is 3. The monoisotopic (exact) mass is 356 g/mol. The predicted octanol–water partition coefficient (Wildman–Crippen LogP) is 5.67. The van der Waals surface area contributed by atoms with Gasteiger partial charge in [0.2, 0.25) is 0 Å². The van der Waals surface area contributed by atoms with Crippen molar-refractivity contribution in [3.05, 3.63) is 77.5 Å². The molecule has 2 heterocycles. The van der Waals surface area contributed by atoms with Gasteiger partial charge in [0.25, 0.3) is 0 Å². The lowest BCUT2D eigenvalue weighted by atomic mass is 9.64. The zero-order valence-electron chi connectivity index (χ0n) is 16.3. The third-order valence-corrected chi connectivity index (χ3v) is 6.82. The van der Waals surface area contributed by atoms with Crippen LogP contribution >= 0.6 is 0 Å². The summed E-state index contributed by atoms with van der Waals surface area (Å²) in [5.41, 5.74) is 7.45. The van der Waals surface area contributed by atoms with Gasteiger partial charge in [0.15, 0.2) is 0 Å². The summed E-state index contributed by atoms with van der Waals surface area (Å²) < 4.78 is 0. The second kappa shape index (κ2) is 6.38. The van der Waals surface area contributed by atoms with Crippen molar-refractivity contribution in [1.82, 2.24) is 10.3 Å². The highest BCUT2D eigenvalue weighted by atomic mass is 14.9. The summed E-state index contributed by atoms with van der Waals surface area (Å²) in [5.74, 6) is 0.569. The van der Waals surface area contributed by atoms with E-state index >= 15 is 0 Å². The predicted molar refractivity (Wildman–Crippen MR) is 114 cm³/mol. The smallest absolute Gasteiger partial charge is 0.0459 e. The fourth-order valence-electron chi connectivity index (χ4n) is 5.46. The van der Waals surface area contributed by atoms with Crippen LogP contribution < -0.4 is 5.32 Å². The Bertz CT molecular complexity index is 998. The molecule has 0 fully saturated rings. The second-order valence-corrected chi connectivity index (χ2v) is 8.76. The van der Waals surface area contributed by atoms with E-state index in [1.165, 1.54) is 34.2 Å². The van der Waals surface area contributed by atoms with E-state index in [2.05, 4.69) is 84.8 Å². The van der Waals surface area contributed by atoms with Crippen molar-refractivity contribution in [1.29, 1.82) is 0 Å². The second-order valence-electron chi connectivity index (χ2n) is 8.76. The molecule has 3 unspecified atom stereocenters. The van der Waals surface area contributed by atoms with Gasteiger partial charge < -0.3 is 10.3 Å². The minimum atomic E-state index is 0.270. The molecule has 0 saturated heterocycles. The number of para-hydroxylation sites is 1. The highest BCUT2D eigenvalue weighted by Gasteiger charge is 2.42. The van der Waals surface area contributed by atoms with Gasteiger partial charge in [-0.2, -0.15) is 0 Å². The van der Waals surface area contributed by atoms with Crippen LogP contribution in [0.2, 0.25) is 0 Å². The van der Waals surface area contributed by atoms with Gasteiger partial charge in [-0.1, -0.05) is 68.5 Å². The van der Waals surface area contributed by atoms with Crippen LogP contribution in [0.4, 0.5) is 0 Å². The zero-order valence-corrected chi connectivity index (χ0v) is 16.3. The van der Waals surface area contributed by atoms with Crippen molar-refractivity contribution < 1.29 is 0 Å². The fraction of sp³-hybridized carbons (Fsp3) is 0.360. The van der Waals surface area contributed by atoms with Gasteiger partial charge in [-0.25, -0.2) is 0 Å². The number of aromatic amines is 1. The van der Waals surface area contributed by atoms with E-state index in [1.54, 1.807) is 5.56 Å². The van der Waals surface area contributed by atoms with E-state index in [4.69, 9.17) is 0 Å². The average Bonchev–Trinajstić information content (AvgIpc) is 3.08. The maximum atomic E-state index is 3.83. The maximum Gasteiger partial charge on any atom is 0.0459 e. The number of H-pyrrole nitrogens is 1. The molecule has 3 aromatic rings. The molecule has 3 atom stereocenters. The van der Waals surface area contributed by atoms with Crippen LogP contribution in [0.15, 0.2) is 60.7 Å². The molecule has 0 amide bonds. The Morgan fingerprint density at radius 2 is 1.78 bits per heavy atom. The Kier molecular flexibility index (Phi) is 3.98. The van der Waals surface area contributed by atoms with Gasteiger partial charge in [0, 0.05) is 29.2 Å². The van der Waals surface area contributed by atoms with E-state index in [-0.39, 0.29) is 5.41 Å². The first kappa shape index (κ1) is 16.8. The summed E-state index contributed by atoms with van der Waals surface area (Å²) in [5, 5.41) is 5.25. The van der Waals surface area contributed by atoms with Gasteiger partial charge in [-0.05, 0) is 53.4 Å². The van der Waals surface area contributed by atoms with Gasteiger partial charge >= 0.3 is 0 Å². The molecule has 27 heavy (non-hydrogen) atoms. The van der Waals surface area contributed by atoms with Crippen molar-refractivity contribution in [2.75, 3.05) is 6.54 Å². The topological polar surface area (TPSA) is 27.8 Å². The van der Waals surface area contributed by atoms with E-state index in [9.17, 15) is 0 Å². The molecular weight excluding hydrogens is 328 g/mol. The molecule has 0 radical (unpaired) electrons. The molecule has 5 rings (SSSR count). The molecule has 2 N–H and O–H groups in total. The van der Waals surface area contributed by atoms with Crippen LogP contribution in [0.25, 0.3) is 16.5 Å². The lowest BCUT2D eigenvalue weighted by molar-refractivity contribution is 0.173. The summed E-state index contributed by atoms with van der Waals surface area (Å²) in [6.45, 7) is 5.86. The van der Waals surface area contributed by atoms with Crippen LogP contribution in [0.3, 0.4) is 0 Å². The normalized spacial score (nSPS) is 28.0. The third kappa shape index (κ3) is 2.83. The molecule has 2 heteroatoms. The van der Waals surface area contributed by atoms with Crippen LogP contribution in [0, 0.1) is 5.41 Å². The van der Waals surface area contributed by atoms with Crippen molar-refractivity contribution in [3.8, 4) is 0 Å². The molecule has 138 valence electrons. The quantitative estimate of drug-likeness (QED) is 0.608. The van der Waals surface area contributed by atoms with Gasteiger partial charge in [0.05, 0.1) is 0 Å². The Morgan fingerprint density at radius 1 is 1.00 bits per heavy atom. The number of hydrogen-bond acceptors (Lipinski definition) is 1. The number of hydrogen-bond donors (Lipinski definition) is 2. The summed E-state index contributed by atoms with van der Waals surface area (Å²) in [6, 6.07) is 20.2. The molecule has 1 aliphatic heterocycles. The molecule has 0 bridgehead atoms. The van der Waals surface area contributed by atoms with Crippen molar-refractivity contribution in [2.24, 2.45) is 5.41 Å². The SMILES string of the molecule is CC1CC(C)(C2CC(c3ccccc3)=CCN2)Cc2c1[nH]c1ccccc21. The highest BCUT2D eigenvalue weighted by molar-refractivity contribution is 5.85. The summed E-state index contributed by atoms with van der Waals surface area (Å²) >= 11 is 0. The van der Waals surface area contributed by atoms with Crippen molar-refractivity contribution in [3.63, 3.8) is 0 Å². The molecule has 1 aromatic heterocycles. The first-order valence-electron chi connectivity index (χ1n) is 10.2. The number of aromatic nitrogens is 1. The summed E-state index contributed by atoms with van der Waals surface area (Å²) in [6.07, 6.45) is 5.87. The van der Waals surface area contributed by atoms with Crippen LogP contribution in [0.1, 0.15) is 49.4 Å². The van der Waals surface area contributed by atoms with Crippen LogP contribution in [-0.2, 0) is 6.42 Å². The molecule has 2 aromatic carbocycles. The maximum absolute atomic E-state index is 3.83. The van der Waals surface area contributed by atoms with Gasteiger partial charge in [-0.3, -0.25) is 0 Å². The molecule has 1 aliphatic carbocycles. The van der Waals surface area contributed by atoms with E-state index in [0.29, 0.717) is 12.0 Å². The lowest BCUT2D eigenvalue weighted by Crippen LogP contribution is -2.48. The van der Waals surface area contributed by atoms with E-state index < -0.39 is 0 Å². The average molecular weight is 357 g/mol. The fourth-order valence-corrected chi connectivity index (χ4v) is 5.46. The minimum absolute atomic E-state index is 0.270. The minimum Gasteiger partial charge on any atom is -0.358 e. The molecular formula is C25H28N2. The van der Waals surface area contributed by atoms with E-state index in [1.807, 2.05) is 0 Å². The Balaban J connectivity index is 1.48. The third-order valence-electron chi connectivity index (χ3n) is 6.82. The first-order chi connectivity index (χ1) is 13.1. The standard InChI is InChI=1S/C25H28N2/c1-17-15-25(2,16-21-20-10-6-7-11-22(20)27-24(17)21)23-14-19(12-13-26-23)18-8-4-3-5-9-18/h3-12,17,23,26-27H,13-16H2,1-2H3. The van der Waals surface area contributed by atoms with Crippen LogP contribution in [0.5, 0.6) is 0 Å². The Labute approximate surface area is 161 Å². The summed E-state index contributed by atoms with van der Waals surface area (Å²) in [4.78, 5) is 3.71. The molecule has 2 aliphatic rings. The van der Waals surface area contributed by atoms with Crippen molar-refractivity contribution >= 4 is 16.5 Å². The summed E-state index contributed by atoms with van der Waals surface area (Å²) in [7, 11) is 0. The number of nitrogens with one attached hydrogen (secondary N) is 2. The van der Waals surface area contributed by atoms with E-state index in [0.717, 1.165) is 19.4 Å². The molecule has 0 saturated carbocycles. The Morgan fingerprint density at radius 3 is 2.63 bits per heavy atom. The van der Waals surface area contributed by atoms with Crippen LogP contribution in [-0.4, -0.2) is 17.6 Å². The zero-order chi connectivity index (χ0) is 18.4. The largest absolute Gasteiger partial charge is 0.358 e. The molecule has 0 spiro atoms. The van der Waals surface area contributed by atoms with Gasteiger partial charge in [0.1, 0.15) is 0 Å². The highest BCUT2D eigenvalue weighted by Crippen LogP contribution is 2.48.